The minimum atomic E-state index is 0.306. The zero-order valence-electron chi connectivity index (χ0n) is 17.8. The van der Waals surface area contributed by atoms with Gasteiger partial charge in [-0.15, -0.1) is 0 Å². The van der Waals surface area contributed by atoms with E-state index in [0.29, 0.717) is 5.75 Å². The van der Waals surface area contributed by atoms with E-state index in [-0.39, 0.29) is 0 Å². The molecule has 6 aromatic rings. The highest BCUT2D eigenvalue weighted by Crippen LogP contribution is 2.42. The van der Waals surface area contributed by atoms with Crippen LogP contribution in [-0.2, 0) is 0 Å². The van der Waals surface area contributed by atoms with Crippen molar-refractivity contribution < 1.29 is 5.11 Å². The largest absolute Gasteiger partial charge is 0.507 e. The molecule has 0 saturated heterocycles. The monoisotopic (exact) mass is 410 g/mol. The summed E-state index contributed by atoms with van der Waals surface area (Å²) in [6.07, 6.45) is 0. The fourth-order valence-corrected chi connectivity index (χ4v) is 4.99. The van der Waals surface area contributed by atoms with Crippen LogP contribution >= 0.6 is 0 Å². The summed E-state index contributed by atoms with van der Waals surface area (Å²) >= 11 is 0. The maximum atomic E-state index is 10.9. The molecule has 32 heavy (non-hydrogen) atoms. The maximum Gasteiger partial charge on any atom is 0.124 e. The summed E-state index contributed by atoms with van der Waals surface area (Å²) in [4.78, 5) is 0. The topological polar surface area (TPSA) is 20.2 Å². The standard InChI is InChI=1S/C31H22O/c1-20-9-2-3-10-22(20)31-23(15-8-16-30(31)32)21-17-18-28-26-13-5-4-11-24(26)25-12-6-7-14-27(25)29(28)19-21/h2-19,32H,1H3. The van der Waals surface area contributed by atoms with E-state index in [0.717, 1.165) is 27.8 Å². The van der Waals surface area contributed by atoms with Crippen LogP contribution in [0.3, 0.4) is 0 Å². The summed E-state index contributed by atoms with van der Waals surface area (Å²) in [5, 5.41) is 18.4. The number of phenols is 1. The molecule has 0 heterocycles. The number of hydrogen-bond donors (Lipinski definition) is 1. The van der Waals surface area contributed by atoms with Crippen LogP contribution in [0.5, 0.6) is 5.75 Å². The van der Waals surface area contributed by atoms with Crippen molar-refractivity contribution in [3.63, 3.8) is 0 Å². The third-order valence-electron chi connectivity index (χ3n) is 6.51. The first-order valence-electron chi connectivity index (χ1n) is 10.9. The Hall–Kier alpha value is -4.10. The lowest BCUT2D eigenvalue weighted by atomic mass is 9.88. The smallest absolute Gasteiger partial charge is 0.124 e. The molecule has 0 aliphatic carbocycles. The maximum absolute atomic E-state index is 10.9. The highest BCUT2D eigenvalue weighted by atomic mass is 16.3. The molecule has 0 atom stereocenters. The number of aryl methyl sites for hydroxylation is 1. The molecule has 0 aliphatic heterocycles. The molecule has 0 spiro atoms. The first kappa shape index (κ1) is 18.7. The summed E-state index contributed by atoms with van der Waals surface area (Å²) in [7, 11) is 0. The Morgan fingerprint density at radius 3 is 1.66 bits per heavy atom. The average Bonchev–Trinajstić information content (AvgIpc) is 2.84. The second kappa shape index (κ2) is 7.25. The van der Waals surface area contributed by atoms with Gasteiger partial charge in [-0.25, -0.2) is 0 Å². The van der Waals surface area contributed by atoms with E-state index in [1.54, 1.807) is 6.07 Å². The highest BCUT2D eigenvalue weighted by Gasteiger charge is 2.15. The van der Waals surface area contributed by atoms with Gasteiger partial charge in [-0.3, -0.25) is 0 Å². The van der Waals surface area contributed by atoms with Crippen molar-refractivity contribution in [1.82, 2.24) is 0 Å². The van der Waals surface area contributed by atoms with Gasteiger partial charge in [0.05, 0.1) is 0 Å². The molecule has 6 rings (SSSR count). The summed E-state index contributed by atoms with van der Waals surface area (Å²) in [5.74, 6) is 0.306. The molecule has 0 bridgehead atoms. The molecular formula is C31H22O. The second-order valence-corrected chi connectivity index (χ2v) is 8.37. The van der Waals surface area contributed by atoms with Crippen LogP contribution in [0, 0.1) is 6.92 Å². The van der Waals surface area contributed by atoms with Crippen LogP contribution in [0.4, 0.5) is 0 Å². The van der Waals surface area contributed by atoms with Crippen molar-refractivity contribution in [2.75, 3.05) is 0 Å². The Balaban J connectivity index is 1.70. The van der Waals surface area contributed by atoms with E-state index in [1.807, 2.05) is 18.2 Å². The molecule has 0 fully saturated rings. The van der Waals surface area contributed by atoms with Crippen molar-refractivity contribution in [1.29, 1.82) is 0 Å². The lowest BCUT2D eigenvalue weighted by molar-refractivity contribution is 0.477. The average molecular weight is 411 g/mol. The molecule has 0 radical (unpaired) electrons. The lowest BCUT2D eigenvalue weighted by Gasteiger charge is -2.16. The SMILES string of the molecule is Cc1ccccc1-c1c(O)cccc1-c1ccc2c3ccccc3c3ccccc3c2c1. The molecule has 0 aromatic heterocycles. The van der Waals surface area contributed by atoms with Gasteiger partial charge in [0.15, 0.2) is 0 Å². The Labute approximate surface area is 187 Å². The van der Waals surface area contributed by atoms with Gasteiger partial charge >= 0.3 is 0 Å². The minimum Gasteiger partial charge on any atom is -0.507 e. The number of rotatable bonds is 2. The van der Waals surface area contributed by atoms with Crippen molar-refractivity contribution in [3.05, 3.63) is 115 Å². The Morgan fingerprint density at radius 2 is 1.00 bits per heavy atom. The predicted molar refractivity (Wildman–Crippen MR) is 136 cm³/mol. The Morgan fingerprint density at radius 1 is 0.469 bits per heavy atom. The number of hydrogen-bond acceptors (Lipinski definition) is 1. The summed E-state index contributed by atoms with van der Waals surface area (Å²) in [5.41, 5.74) is 5.23. The minimum absolute atomic E-state index is 0.306. The molecule has 0 saturated carbocycles. The number of fused-ring (bicyclic) bond motifs is 6. The Bertz CT molecular complexity index is 1610. The molecule has 0 aliphatic rings. The predicted octanol–water partition coefficient (Wildman–Crippen LogP) is 8.49. The van der Waals surface area contributed by atoms with E-state index >= 15 is 0 Å². The van der Waals surface area contributed by atoms with E-state index in [4.69, 9.17) is 0 Å². The van der Waals surface area contributed by atoms with E-state index in [2.05, 4.69) is 91.9 Å². The molecular weight excluding hydrogens is 388 g/mol. The molecule has 0 amide bonds. The van der Waals surface area contributed by atoms with E-state index < -0.39 is 0 Å². The van der Waals surface area contributed by atoms with Crippen molar-refractivity contribution in [2.45, 2.75) is 6.92 Å². The molecule has 152 valence electrons. The summed E-state index contributed by atoms with van der Waals surface area (Å²) in [6, 6.07) is 38.0. The van der Waals surface area contributed by atoms with Gasteiger partial charge in [0, 0.05) is 5.56 Å². The number of benzene rings is 6. The van der Waals surface area contributed by atoms with Crippen LogP contribution in [0.25, 0.3) is 54.6 Å². The van der Waals surface area contributed by atoms with Gasteiger partial charge in [0.25, 0.3) is 0 Å². The number of phenolic OH excluding ortho intramolecular Hbond substituents is 1. The van der Waals surface area contributed by atoms with E-state index in [9.17, 15) is 5.11 Å². The second-order valence-electron chi connectivity index (χ2n) is 8.37. The van der Waals surface area contributed by atoms with Crippen LogP contribution in [0.1, 0.15) is 5.56 Å². The molecule has 1 nitrogen and oxygen atoms in total. The van der Waals surface area contributed by atoms with Gasteiger partial charge in [0.2, 0.25) is 0 Å². The van der Waals surface area contributed by atoms with Gasteiger partial charge in [-0.1, -0.05) is 97.1 Å². The first-order chi connectivity index (χ1) is 15.7. The lowest BCUT2D eigenvalue weighted by Crippen LogP contribution is -1.90. The van der Waals surface area contributed by atoms with Gasteiger partial charge in [-0.05, 0) is 73.6 Å². The van der Waals surface area contributed by atoms with Crippen molar-refractivity contribution >= 4 is 32.3 Å². The normalized spacial score (nSPS) is 11.4. The molecule has 0 unspecified atom stereocenters. The van der Waals surface area contributed by atoms with Gasteiger partial charge in [0.1, 0.15) is 5.75 Å². The highest BCUT2D eigenvalue weighted by molar-refractivity contribution is 6.25. The van der Waals surface area contributed by atoms with E-state index in [1.165, 1.54) is 32.3 Å². The first-order valence-corrected chi connectivity index (χ1v) is 10.9. The number of aromatic hydroxyl groups is 1. The van der Waals surface area contributed by atoms with Crippen molar-refractivity contribution in [2.24, 2.45) is 0 Å². The van der Waals surface area contributed by atoms with Crippen molar-refractivity contribution in [3.8, 4) is 28.0 Å². The zero-order chi connectivity index (χ0) is 21.7. The Kier molecular flexibility index (Phi) is 4.22. The van der Waals surface area contributed by atoms with Crippen LogP contribution < -0.4 is 0 Å². The quantitative estimate of drug-likeness (QED) is 0.284. The molecule has 1 N–H and O–H groups in total. The third-order valence-corrected chi connectivity index (χ3v) is 6.51. The van der Waals surface area contributed by atoms with Crippen LogP contribution in [0.15, 0.2) is 109 Å². The van der Waals surface area contributed by atoms with Crippen LogP contribution in [0.2, 0.25) is 0 Å². The summed E-state index contributed by atoms with van der Waals surface area (Å²) in [6.45, 7) is 2.09. The van der Waals surface area contributed by atoms with Crippen LogP contribution in [-0.4, -0.2) is 5.11 Å². The van der Waals surface area contributed by atoms with Gasteiger partial charge in [-0.2, -0.15) is 0 Å². The zero-order valence-corrected chi connectivity index (χ0v) is 17.8. The molecule has 1 heteroatoms. The fourth-order valence-electron chi connectivity index (χ4n) is 4.99. The van der Waals surface area contributed by atoms with Gasteiger partial charge < -0.3 is 5.11 Å². The summed E-state index contributed by atoms with van der Waals surface area (Å²) < 4.78 is 0. The fraction of sp³-hybridized carbons (Fsp3) is 0.0323. The molecule has 6 aromatic carbocycles. The third kappa shape index (κ3) is 2.79.